The molecule has 3 rings (SSSR count). The molecule has 1 amide bonds. The molecule has 2 aliphatic heterocycles. The van der Waals surface area contributed by atoms with Crippen LogP contribution in [0.2, 0.25) is 0 Å². The van der Waals surface area contributed by atoms with E-state index < -0.39 is 10.2 Å². The third kappa shape index (κ3) is 3.64. The maximum absolute atomic E-state index is 12.6. The minimum atomic E-state index is -3.47. The molecule has 1 aromatic rings. The summed E-state index contributed by atoms with van der Waals surface area (Å²) in [6, 6.07) is 0.388. The molecule has 0 aromatic carbocycles. The quantitative estimate of drug-likeness (QED) is 0.707. The first-order valence-corrected chi connectivity index (χ1v) is 10.5. The molecule has 26 heavy (non-hydrogen) atoms. The van der Waals surface area contributed by atoms with Gasteiger partial charge in [0.2, 0.25) is 0 Å². The van der Waals surface area contributed by atoms with Gasteiger partial charge < -0.3 is 5.32 Å². The molecule has 10 heteroatoms. The first-order chi connectivity index (χ1) is 12.3. The van der Waals surface area contributed by atoms with E-state index in [-0.39, 0.29) is 12.5 Å². The van der Waals surface area contributed by atoms with E-state index in [9.17, 15) is 13.2 Å². The number of rotatable bonds is 6. The van der Waals surface area contributed by atoms with Crippen molar-refractivity contribution in [2.45, 2.75) is 38.8 Å². The average molecular weight is 385 g/mol. The molecule has 1 fully saturated rings. The summed E-state index contributed by atoms with van der Waals surface area (Å²) in [6.45, 7) is 5.40. The molecule has 0 unspecified atom stereocenters. The van der Waals surface area contributed by atoms with E-state index in [0.717, 1.165) is 25.1 Å². The van der Waals surface area contributed by atoms with Gasteiger partial charge in [-0.2, -0.15) is 22.1 Å². The van der Waals surface area contributed by atoms with Gasteiger partial charge in [-0.25, -0.2) is 0 Å². The number of H-pyrrole nitrogens is 1. The van der Waals surface area contributed by atoms with Crippen LogP contribution in [-0.2, 0) is 23.2 Å². The monoisotopic (exact) mass is 384 g/mol. The summed E-state index contributed by atoms with van der Waals surface area (Å²) in [4.78, 5) is 14.9. The molecule has 146 valence electrons. The Bertz CT molecular complexity index is 760. The van der Waals surface area contributed by atoms with Gasteiger partial charge >= 0.3 is 0 Å². The highest BCUT2D eigenvalue weighted by Crippen LogP contribution is 2.23. The van der Waals surface area contributed by atoms with Gasteiger partial charge in [0.1, 0.15) is 0 Å². The number of aromatic nitrogens is 2. The van der Waals surface area contributed by atoms with Crippen molar-refractivity contribution in [3.05, 3.63) is 17.0 Å². The first kappa shape index (κ1) is 19.3. The highest BCUT2D eigenvalue weighted by molar-refractivity contribution is 7.86. The van der Waals surface area contributed by atoms with Gasteiger partial charge in [0.05, 0.1) is 12.2 Å². The zero-order chi connectivity index (χ0) is 18.9. The molecule has 0 saturated carbocycles. The SMILES string of the molecule is CCN1CCC[C@H]1CNC(=O)c1n[nH]c2c1CCN(S(=O)(=O)N(C)C)C2. The van der Waals surface area contributed by atoms with Crippen LogP contribution in [0.15, 0.2) is 0 Å². The molecule has 0 radical (unpaired) electrons. The number of hydrogen-bond donors (Lipinski definition) is 2. The normalized spacial score (nSPS) is 21.9. The van der Waals surface area contributed by atoms with Crippen molar-refractivity contribution in [2.75, 3.05) is 40.3 Å². The Morgan fingerprint density at radius 3 is 2.85 bits per heavy atom. The Kier molecular flexibility index (Phi) is 5.66. The Morgan fingerprint density at radius 1 is 1.38 bits per heavy atom. The zero-order valence-corrected chi connectivity index (χ0v) is 16.5. The third-order valence-corrected chi connectivity index (χ3v) is 7.19. The van der Waals surface area contributed by atoms with E-state index in [1.54, 1.807) is 0 Å². The first-order valence-electron chi connectivity index (χ1n) is 9.10. The Morgan fingerprint density at radius 2 is 2.15 bits per heavy atom. The van der Waals surface area contributed by atoms with E-state index in [1.165, 1.54) is 29.1 Å². The maximum atomic E-state index is 12.6. The van der Waals surface area contributed by atoms with E-state index in [4.69, 9.17) is 0 Å². The Labute approximate surface area is 154 Å². The summed E-state index contributed by atoms with van der Waals surface area (Å²) in [6.07, 6.45) is 2.75. The minimum absolute atomic E-state index is 0.186. The van der Waals surface area contributed by atoms with Crippen molar-refractivity contribution >= 4 is 16.1 Å². The third-order valence-electron chi connectivity index (χ3n) is 5.30. The summed E-state index contributed by atoms with van der Waals surface area (Å²) < 4.78 is 27.1. The topological polar surface area (TPSA) is 102 Å². The Hall–Kier alpha value is -1.49. The average Bonchev–Trinajstić information content (AvgIpc) is 3.25. The van der Waals surface area contributed by atoms with Crippen molar-refractivity contribution in [2.24, 2.45) is 0 Å². The lowest BCUT2D eigenvalue weighted by Crippen LogP contribution is -2.43. The summed E-state index contributed by atoms with van der Waals surface area (Å²) in [5.41, 5.74) is 1.91. The predicted molar refractivity (Wildman–Crippen MR) is 97.9 cm³/mol. The van der Waals surface area contributed by atoms with Crippen molar-refractivity contribution in [1.82, 2.24) is 29.0 Å². The minimum Gasteiger partial charge on any atom is -0.349 e. The van der Waals surface area contributed by atoms with Crippen LogP contribution in [0.3, 0.4) is 0 Å². The van der Waals surface area contributed by atoms with Crippen LogP contribution in [0.5, 0.6) is 0 Å². The van der Waals surface area contributed by atoms with E-state index in [2.05, 4.69) is 27.3 Å². The summed E-state index contributed by atoms with van der Waals surface area (Å²) in [5, 5.41) is 10.0. The molecule has 1 atom stereocenters. The second-order valence-electron chi connectivity index (χ2n) is 7.04. The van der Waals surface area contributed by atoms with E-state index in [0.29, 0.717) is 36.9 Å². The van der Waals surface area contributed by atoms with Gasteiger partial charge in [0.15, 0.2) is 5.69 Å². The van der Waals surface area contributed by atoms with Crippen LogP contribution in [0.1, 0.15) is 41.5 Å². The molecule has 1 saturated heterocycles. The number of carbonyl (C=O) groups excluding carboxylic acids is 1. The fraction of sp³-hybridized carbons (Fsp3) is 0.750. The highest BCUT2D eigenvalue weighted by Gasteiger charge is 2.32. The number of hydrogen-bond acceptors (Lipinski definition) is 5. The molecule has 1 aromatic heterocycles. The van der Waals surface area contributed by atoms with Crippen LogP contribution in [0.4, 0.5) is 0 Å². The van der Waals surface area contributed by atoms with E-state index >= 15 is 0 Å². The van der Waals surface area contributed by atoms with Crippen LogP contribution in [-0.4, -0.2) is 84.3 Å². The molecule has 9 nitrogen and oxygen atoms in total. The molecule has 0 spiro atoms. The molecular formula is C16H28N6O3S. The van der Waals surface area contributed by atoms with Crippen molar-refractivity contribution in [3.63, 3.8) is 0 Å². The number of nitrogens with zero attached hydrogens (tertiary/aromatic N) is 4. The number of aromatic amines is 1. The highest BCUT2D eigenvalue weighted by atomic mass is 32.2. The van der Waals surface area contributed by atoms with Gasteiger partial charge in [0, 0.05) is 38.8 Å². The van der Waals surface area contributed by atoms with Crippen LogP contribution in [0.25, 0.3) is 0 Å². The number of fused-ring (bicyclic) bond motifs is 1. The maximum Gasteiger partial charge on any atom is 0.281 e. The van der Waals surface area contributed by atoms with Crippen molar-refractivity contribution in [3.8, 4) is 0 Å². The summed E-state index contributed by atoms with van der Waals surface area (Å²) in [5.74, 6) is -0.186. The number of likely N-dealkylation sites (tertiary alicyclic amines) is 1. The lowest BCUT2D eigenvalue weighted by molar-refractivity contribution is 0.0935. The van der Waals surface area contributed by atoms with Crippen LogP contribution < -0.4 is 5.32 Å². The fourth-order valence-electron chi connectivity index (χ4n) is 3.75. The largest absolute Gasteiger partial charge is 0.349 e. The fourth-order valence-corrected chi connectivity index (χ4v) is 4.82. The lowest BCUT2D eigenvalue weighted by Gasteiger charge is -2.28. The molecule has 0 aliphatic carbocycles. The molecule has 2 aliphatic rings. The second-order valence-corrected chi connectivity index (χ2v) is 9.18. The summed E-state index contributed by atoms with van der Waals surface area (Å²) in [7, 11) is -0.445. The van der Waals surface area contributed by atoms with Gasteiger partial charge in [-0.05, 0) is 32.4 Å². The summed E-state index contributed by atoms with van der Waals surface area (Å²) >= 11 is 0. The van der Waals surface area contributed by atoms with Gasteiger partial charge in [-0.3, -0.25) is 14.8 Å². The number of nitrogens with one attached hydrogen (secondary N) is 2. The van der Waals surface area contributed by atoms with Crippen molar-refractivity contribution in [1.29, 1.82) is 0 Å². The van der Waals surface area contributed by atoms with Gasteiger partial charge in [0.25, 0.3) is 16.1 Å². The zero-order valence-electron chi connectivity index (χ0n) is 15.7. The number of amides is 1. The molecule has 2 N–H and O–H groups in total. The second kappa shape index (κ2) is 7.63. The van der Waals surface area contributed by atoms with Gasteiger partial charge in [-0.1, -0.05) is 6.92 Å². The molecule has 0 bridgehead atoms. The number of likely N-dealkylation sites (N-methyl/N-ethyl adjacent to an activating group) is 1. The van der Waals surface area contributed by atoms with Crippen LogP contribution >= 0.6 is 0 Å². The van der Waals surface area contributed by atoms with E-state index in [1.807, 2.05) is 0 Å². The predicted octanol–water partition coefficient (Wildman–Crippen LogP) is -0.212. The van der Waals surface area contributed by atoms with Crippen molar-refractivity contribution < 1.29 is 13.2 Å². The van der Waals surface area contributed by atoms with Gasteiger partial charge in [-0.15, -0.1) is 0 Å². The Balaban J connectivity index is 1.65. The van der Waals surface area contributed by atoms with Crippen LogP contribution in [0, 0.1) is 0 Å². The molecule has 3 heterocycles. The lowest BCUT2D eigenvalue weighted by atomic mass is 10.1. The smallest absolute Gasteiger partial charge is 0.281 e. The standard InChI is InChI=1S/C16H28N6O3S/c1-4-21-8-5-6-12(21)10-17-16(23)15-13-7-9-22(11-14(13)18-19-15)26(24,25)20(2)3/h12H,4-11H2,1-3H3,(H,17,23)(H,18,19)/t12-/m0/s1. The number of carbonyl (C=O) groups is 1. The molecular weight excluding hydrogens is 356 g/mol.